The van der Waals surface area contributed by atoms with Crippen molar-refractivity contribution >= 4 is 29.6 Å². The van der Waals surface area contributed by atoms with Crippen LogP contribution in [0.2, 0.25) is 0 Å². The molecule has 0 aromatic carbocycles. The molecule has 0 aliphatic carbocycles. The molecule has 1 aliphatic heterocycles. The lowest BCUT2D eigenvalue weighted by Crippen LogP contribution is -2.57. The number of hydrogen-bond donors (Lipinski definition) is 7. The Bertz CT molecular complexity index is 1090. The number of amides is 4. The highest BCUT2D eigenvalue weighted by Gasteiger charge is 2.39. The minimum Gasteiger partial charge on any atom is -0.480 e. The van der Waals surface area contributed by atoms with Crippen molar-refractivity contribution in [3.8, 4) is 0 Å². The summed E-state index contributed by atoms with van der Waals surface area (Å²) in [6.45, 7) is 0.248. The van der Waals surface area contributed by atoms with Gasteiger partial charge in [-0.15, -0.1) is 0 Å². The maximum Gasteiger partial charge on any atom is 0.326 e. The smallest absolute Gasteiger partial charge is 0.326 e. The minimum absolute atomic E-state index is 0.00773. The van der Waals surface area contributed by atoms with Gasteiger partial charge in [0.25, 0.3) is 0 Å². The number of aliphatic carboxylic acids is 1. The number of nitrogens with zero attached hydrogens (tertiary/aromatic N) is 3. The lowest BCUT2D eigenvalue weighted by molar-refractivity contribution is -0.145. The molecule has 15 nitrogen and oxygen atoms in total. The largest absolute Gasteiger partial charge is 0.480 e. The fourth-order valence-electron chi connectivity index (χ4n) is 4.11. The van der Waals surface area contributed by atoms with E-state index in [0.29, 0.717) is 24.2 Å². The van der Waals surface area contributed by atoms with Crippen LogP contribution in [0.4, 0.5) is 0 Å². The van der Waals surface area contributed by atoms with E-state index in [-0.39, 0.29) is 32.2 Å². The highest BCUT2D eigenvalue weighted by Crippen LogP contribution is 2.20. The fourth-order valence-corrected chi connectivity index (χ4v) is 4.11. The van der Waals surface area contributed by atoms with Gasteiger partial charge in [-0.1, -0.05) is 0 Å². The summed E-state index contributed by atoms with van der Waals surface area (Å²) in [7, 11) is 0. The molecule has 2 aromatic rings. The van der Waals surface area contributed by atoms with Gasteiger partial charge in [-0.25, -0.2) is 14.8 Å². The van der Waals surface area contributed by atoms with Crippen molar-refractivity contribution in [1.29, 1.82) is 0 Å². The quantitative estimate of drug-likeness (QED) is 0.149. The molecule has 4 unspecified atom stereocenters. The first-order valence-corrected chi connectivity index (χ1v) is 11.8. The number of rotatable bonds is 13. The number of carbonyl (C=O) groups excluding carboxylic acids is 4. The van der Waals surface area contributed by atoms with Crippen molar-refractivity contribution in [1.82, 2.24) is 35.5 Å². The number of nitrogens with one attached hydrogen (secondary N) is 4. The van der Waals surface area contributed by atoms with E-state index in [9.17, 15) is 29.1 Å². The van der Waals surface area contributed by atoms with Crippen molar-refractivity contribution in [3.05, 3.63) is 36.4 Å². The Morgan fingerprint density at radius 1 is 1.05 bits per heavy atom. The number of carboxylic acids is 1. The first-order chi connectivity index (χ1) is 17.7. The summed E-state index contributed by atoms with van der Waals surface area (Å²) in [5.74, 6) is -3.62. The molecular formula is C22H31N9O6. The maximum atomic E-state index is 13.5. The number of carboxylic acid groups (broad SMARTS) is 1. The molecule has 4 atom stereocenters. The Morgan fingerprint density at radius 3 is 2.22 bits per heavy atom. The number of nitrogens with two attached hydrogens (primary N) is 2. The molecule has 0 spiro atoms. The summed E-state index contributed by atoms with van der Waals surface area (Å²) < 4.78 is 0. The van der Waals surface area contributed by atoms with E-state index < -0.39 is 53.8 Å². The first kappa shape index (κ1) is 27.3. The number of likely N-dealkylation sites (tertiary alicyclic amines) is 1. The zero-order valence-electron chi connectivity index (χ0n) is 20.1. The predicted molar refractivity (Wildman–Crippen MR) is 127 cm³/mol. The van der Waals surface area contributed by atoms with Gasteiger partial charge in [0.2, 0.25) is 23.6 Å². The standard InChI is InChI=1S/C22H31N9O6/c23-14(3-4-18(24)32)19(33)29-15(6-12-8-25-10-27-12)21(35)31-5-1-2-17(31)20(34)30-16(22(36)37)7-13-9-26-11-28-13/h8-11,14-17H,1-7,23H2,(H2,24,32)(H,25,27)(H,26,28)(H,29,33)(H,30,34)(H,36,37). The molecular weight excluding hydrogens is 486 g/mol. The van der Waals surface area contributed by atoms with Gasteiger partial charge in [-0.2, -0.15) is 0 Å². The van der Waals surface area contributed by atoms with E-state index in [1.165, 1.54) is 29.9 Å². The van der Waals surface area contributed by atoms with Crippen molar-refractivity contribution in [2.24, 2.45) is 11.5 Å². The third kappa shape index (κ3) is 7.60. The number of carbonyl (C=O) groups is 5. The molecule has 1 fully saturated rings. The molecule has 4 amide bonds. The topological polar surface area (TPSA) is 242 Å². The summed E-state index contributed by atoms with van der Waals surface area (Å²) in [5.41, 5.74) is 12.1. The second-order valence-corrected chi connectivity index (χ2v) is 8.82. The normalized spacial score (nSPS) is 17.5. The molecule has 200 valence electrons. The zero-order valence-corrected chi connectivity index (χ0v) is 20.1. The van der Waals surface area contributed by atoms with Crippen LogP contribution in [-0.4, -0.2) is 90.3 Å². The average Bonchev–Trinajstić information content (AvgIpc) is 3.64. The van der Waals surface area contributed by atoms with Gasteiger partial charge in [0.05, 0.1) is 18.7 Å². The van der Waals surface area contributed by atoms with E-state index >= 15 is 0 Å². The van der Waals surface area contributed by atoms with Gasteiger partial charge in [-0.3, -0.25) is 19.2 Å². The Morgan fingerprint density at radius 2 is 1.68 bits per heavy atom. The lowest BCUT2D eigenvalue weighted by Gasteiger charge is -2.29. The third-order valence-electron chi connectivity index (χ3n) is 6.06. The third-order valence-corrected chi connectivity index (χ3v) is 6.06. The van der Waals surface area contributed by atoms with E-state index in [0.717, 1.165) is 0 Å². The van der Waals surface area contributed by atoms with E-state index in [4.69, 9.17) is 11.5 Å². The molecule has 0 radical (unpaired) electrons. The molecule has 37 heavy (non-hydrogen) atoms. The molecule has 0 saturated carbocycles. The predicted octanol–water partition coefficient (Wildman–Crippen LogP) is -2.44. The Kier molecular flexibility index (Phi) is 9.32. The summed E-state index contributed by atoms with van der Waals surface area (Å²) in [6, 6.07) is -4.29. The lowest BCUT2D eigenvalue weighted by atomic mass is 10.1. The van der Waals surface area contributed by atoms with Crippen LogP contribution in [0.5, 0.6) is 0 Å². The second-order valence-electron chi connectivity index (χ2n) is 8.82. The summed E-state index contributed by atoms with van der Waals surface area (Å²) in [4.78, 5) is 76.8. The van der Waals surface area contributed by atoms with Crippen LogP contribution in [0, 0.1) is 0 Å². The SMILES string of the molecule is NC(=O)CCC(N)C(=O)NC(Cc1cnc[nH]1)C(=O)N1CCCC1C(=O)NC(Cc1cnc[nH]1)C(=O)O. The summed E-state index contributed by atoms with van der Waals surface area (Å²) in [6.07, 6.45) is 6.60. The van der Waals surface area contributed by atoms with E-state index in [2.05, 4.69) is 30.6 Å². The molecule has 1 saturated heterocycles. The Balaban J connectivity index is 1.71. The number of aromatic amines is 2. The summed E-state index contributed by atoms with van der Waals surface area (Å²) in [5, 5.41) is 14.7. The number of hydrogen-bond acceptors (Lipinski definition) is 8. The first-order valence-electron chi connectivity index (χ1n) is 11.8. The van der Waals surface area contributed by atoms with Crippen LogP contribution in [0.25, 0.3) is 0 Å². The Labute approximate surface area is 211 Å². The van der Waals surface area contributed by atoms with Crippen LogP contribution < -0.4 is 22.1 Å². The van der Waals surface area contributed by atoms with Crippen LogP contribution >= 0.6 is 0 Å². The molecule has 15 heteroatoms. The number of aromatic nitrogens is 4. The second kappa shape index (κ2) is 12.6. The Hall–Kier alpha value is -4.27. The van der Waals surface area contributed by atoms with Crippen LogP contribution in [0.3, 0.4) is 0 Å². The zero-order chi connectivity index (χ0) is 26.9. The van der Waals surface area contributed by atoms with E-state index in [1.807, 2.05) is 0 Å². The van der Waals surface area contributed by atoms with Gasteiger partial charge in [0.1, 0.15) is 18.1 Å². The van der Waals surface area contributed by atoms with Crippen LogP contribution in [-0.2, 0) is 36.8 Å². The van der Waals surface area contributed by atoms with Crippen molar-refractivity contribution in [2.75, 3.05) is 6.54 Å². The minimum atomic E-state index is -1.23. The van der Waals surface area contributed by atoms with Crippen LogP contribution in [0.1, 0.15) is 37.1 Å². The van der Waals surface area contributed by atoms with Gasteiger partial charge >= 0.3 is 5.97 Å². The number of primary amides is 1. The van der Waals surface area contributed by atoms with Gasteiger partial charge < -0.3 is 42.1 Å². The van der Waals surface area contributed by atoms with Crippen molar-refractivity contribution < 1.29 is 29.1 Å². The summed E-state index contributed by atoms with van der Waals surface area (Å²) >= 11 is 0. The van der Waals surface area contributed by atoms with Gasteiger partial charge in [0.15, 0.2) is 0 Å². The molecule has 0 bridgehead atoms. The van der Waals surface area contributed by atoms with Crippen molar-refractivity contribution in [2.45, 2.75) is 62.7 Å². The maximum absolute atomic E-state index is 13.5. The monoisotopic (exact) mass is 517 g/mol. The molecule has 3 heterocycles. The van der Waals surface area contributed by atoms with Gasteiger partial charge in [0, 0.05) is 49.6 Å². The number of imidazole rings is 2. The molecule has 3 rings (SSSR count). The number of H-pyrrole nitrogens is 2. The fraction of sp³-hybridized carbons (Fsp3) is 0.500. The van der Waals surface area contributed by atoms with Crippen molar-refractivity contribution in [3.63, 3.8) is 0 Å². The molecule has 9 N–H and O–H groups in total. The highest BCUT2D eigenvalue weighted by atomic mass is 16.4. The van der Waals surface area contributed by atoms with Gasteiger partial charge in [-0.05, 0) is 19.3 Å². The molecule has 1 aliphatic rings. The van der Waals surface area contributed by atoms with Crippen LogP contribution in [0.15, 0.2) is 25.0 Å². The molecule has 2 aromatic heterocycles. The van der Waals surface area contributed by atoms with E-state index in [1.54, 1.807) is 0 Å². The highest BCUT2D eigenvalue weighted by molar-refractivity contribution is 5.94. The average molecular weight is 518 g/mol.